The van der Waals surface area contributed by atoms with E-state index in [0.717, 1.165) is 37.7 Å². The first-order valence-corrected chi connectivity index (χ1v) is 23.4. The van der Waals surface area contributed by atoms with Crippen LogP contribution in [0.25, 0.3) is 0 Å². The number of carbonyl (C=O) groups excluding carboxylic acids is 2. The molecule has 57 heavy (non-hydrogen) atoms. The van der Waals surface area contributed by atoms with E-state index in [4.69, 9.17) is 18.9 Å². The van der Waals surface area contributed by atoms with E-state index in [1.807, 2.05) is 31.2 Å². The van der Waals surface area contributed by atoms with Gasteiger partial charge in [0, 0.05) is 30.8 Å². The average molecular weight is 791 g/mol. The molecule has 0 radical (unpaired) electrons. The van der Waals surface area contributed by atoms with Crippen LogP contribution < -0.4 is 0 Å². The smallest absolute Gasteiger partial charge is 0.306 e. The topological polar surface area (TPSA) is 91.3 Å². The van der Waals surface area contributed by atoms with Crippen molar-refractivity contribution in [3.63, 3.8) is 0 Å². The first-order valence-electron chi connectivity index (χ1n) is 23.4. The van der Waals surface area contributed by atoms with Gasteiger partial charge in [0.2, 0.25) is 0 Å². The summed E-state index contributed by atoms with van der Waals surface area (Å²) >= 11 is 0. The van der Waals surface area contributed by atoms with Gasteiger partial charge in [0.15, 0.2) is 5.78 Å². The zero-order chi connectivity index (χ0) is 40.9. The van der Waals surface area contributed by atoms with Crippen LogP contribution >= 0.6 is 0 Å². The lowest BCUT2D eigenvalue weighted by atomic mass is 9.55. The second-order valence-electron chi connectivity index (χ2n) is 18.4. The number of ether oxygens (including phenoxy) is 4. The molecule has 2 aliphatic heterocycles. The Bertz CT molecular complexity index is 1470. The number of rotatable bonds is 27. The second-order valence-corrected chi connectivity index (χ2v) is 18.4. The van der Waals surface area contributed by atoms with Crippen LogP contribution in [-0.2, 0) is 28.5 Å². The highest BCUT2D eigenvalue weighted by Crippen LogP contribution is 2.68. The molecule has 1 N–H and O–H groups in total. The maximum Gasteiger partial charge on any atom is 0.306 e. The van der Waals surface area contributed by atoms with Crippen LogP contribution in [0.5, 0.6) is 0 Å². The summed E-state index contributed by atoms with van der Waals surface area (Å²) in [5, 5.41) is 12.5. The van der Waals surface area contributed by atoms with Crippen molar-refractivity contribution < 1.29 is 33.6 Å². The second kappa shape index (κ2) is 21.3. The van der Waals surface area contributed by atoms with Gasteiger partial charge < -0.3 is 24.1 Å². The number of carbonyl (C=O) groups is 2. The summed E-state index contributed by atoms with van der Waals surface area (Å²) in [6, 6.07) is 0. The number of unbranched alkanes of at least 4 members (excludes halogenated alkanes) is 19. The number of Topliss-reactive ketones (excluding diaryl/α,β-unsaturated/α-hetero) is 1. The molecule has 5 rings (SSSR count). The minimum Gasteiger partial charge on any atom is -0.461 e. The molecule has 0 amide bonds. The molecule has 3 fully saturated rings. The summed E-state index contributed by atoms with van der Waals surface area (Å²) in [5.74, 6) is -3.17. The molecular formula is C50H78O7. The number of esters is 1. The monoisotopic (exact) mass is 791 g/mol. The van der Waals surface area contributed by atoms with Gasteiger partial charge in [0.25, 0.3) is 0 Å². The Morgan fingerprint density at radius 3 is 2.04 bits per heavy atom. The van der Waals surface area contributed by atoms with E-state index < -0.39 is 34.8 Å². The van der Waals surface area contributed by atoms with Crippen molar-refractivity contribution in [2.75, 3.05) is 6.61 Å². The highest BCUT2D eigenvalue weighted by atomic mass is 16.9. The third-order valence-electron chi connectivity index (χ3n) is 13.8. The molecule has 7 nitrogen and oxygen atoms in total. The number of allylic oxidation sites excluding steroid dienone is 3. The summed E-state index contributed by atoms with van der Waals surface area (Å²) in [7, 11) is 0. The lowest BCUT2D eigenvalue weighted by Gasteiger charge is -2.58. The Morgan fingerprint density at radius 1 is 0.860 bits per heavy atom. The van der Waals surface area contributed by atoms with Crippen molar-refractivity contribution in [3.05, 3.63) is 59.8 Å². The van der Waals surface area contributed by atoms with Gasteiger partial charge in [-0.1, -0.05) is 173 Å². The van der Waals surface area contributed by atoms with Gasteiger partial charge in [-0.05, 0) is 62.2 Å². The largest absolute Gasteiger partial charge is 0.461 e. The molecule has 0 aromatic rings. The van der Waals surface area contributed by atoms with Crippen LogP contribution in [0.1, 0.15) is 189 Å². The highest BCUT2D eigenvalue weighted by Gasteiger charge is 2.78. The molecule has 5 aliphatic rings. The predicted molar refractivity (Wildman–Crippen MR) is 229 cm³/mol. The van der Waals surface area contributed by atoms with Gasteiger partial charge >= 0.3 is 11.9 Å². The van der Waals surface area contributed by atoms with E-state index in [9.17, 15) is 14.7 Å². The minimum atomic E-state index is -1.73. The van der Waals surface area contributed by atoms with Crippen LogP contribution in [0.15, 0.2) is 59.8 Å². The number of fused-ring (bicyclic) bond motifs is 2. The molecule has 2 saturated heterocycles. The van der Waals surface area contributed by atoms with E-state index in [0.29, 0.717) is 24.0 Å². The lowest BCUT2D eigenvalue weighted by Crippen LogP contribution is -2.70. The molecule has 3 bridgehead atoms. The Morgan fingerprint density at radius 2 is 1.44 bits per heavy atom. The Hall–Kier alpha value is -2.32. The van der Waals surface area contributed by atoms with Gasteiger partial charge in [0.1, 0.15) is 23.9 Å². The molecule has 1 saturated carbocycles. The SMILES string of the molecule is C=C(C)[C@]12C[C@@H](C)[C@@]34O[C@](/C=C/C=C/CCCCCCCCC)(O[C@@H]1[C@@H]3C=C(COC(=O)CCCCCCCCCCCCCCC)C[C@]1(O)C(=O)C(C)=C[C@@H]41)O2. The summed E-state index contributed by atoms with van der Waals surface area (Å²) < 4.78 is 26.8. The van der Waals surface area contributed by atoms with Crippen molar-refractivity contribution in [2.24, 2.45) is 17.8 Å². The van der Waals surface area contributed by atoms with Crippen LogP contribution in [-0.4, -0.2) is 52.3 Å². The van der Waals surface area contributed by atoms with Gasteiger partial charge in [-0.25, -0.2) is 0 Å². The van der Waals surface area contributed by atoms with E-state index in [-0.39, 0.29) is 36.6 Å². The Kier molecular flexibility index (Phi) is 17.1. The molecule has 8 atom stereocenters. The molecule has 3 aliphatic carbocycles. The highest BCUT2D eigenvalue weighted by molar-refractivity contribution is 6.04. The van der Waals surface area contributed by atoms with E-state index >= 15 is 0 Å². The van der Waals surface area contributed by atoms with Crippen LogP contribution in [0.3, 0.4) is 0 Å². The molecule has 0 unspecified atom stereocenters. The number of hydrogen-bond acceptors (Lipinski definition) is 7. The molecule has 0 aromatic carbocycles. The lowest BCUT2D eigenvalue weighted by molar-refractivity contribution is -0.398. The van der Waals surface area contributed by atoms with Gasteiger partial charge in [-0.2, -0.15) is 0 Å². The van der Waals surface area contributed by atoms with Crippen molar-refractivity contribution >= 4 is 11.8 Å². The van der Waals surface area contributed by atoms with Crippen molar-refractivity contribution in [2.45, 2.75) is 218 Å². The normalized spacial score (nSPS) is 32.8. The Balaban J connectivity index is 1.21. The molecule has 7 heteroatoms. The summed E-state index contributed by atoms with van der Waals surface area (Å²) in [6.45, 7) is 14.8. The van der Waals surface area contributed by atoms with E-state index in [1.165, 1.54) is 103 Å². The molecule has 320 valence electrons. The zero-order valence-corrected chi connectivity index (χ0v) is 36.6. The number of hydrogen-bond donors (Lipinski definition) is 1. The third-order valence-corrected chi connectivity index (χ3v) is 13.8. The first kappa shape index (κ1) is 45.8. The quantitative estimate of drug-likeness (QED) is 0.0383. The van der Waals surface area contributed by atoms with Gasteiger partial charge in [-0.15, -0.1) is 0 Å². The van der Waals surface area contributed by atoms with Gasteiger partial charge in [-0.3, -0.25) is 9.59 Å². The Labute approximate surface area is 346 Å². The summed E-state index contributed by atoms with van der Waals surface area (Å²) in [5.41, 5.74) is -1.47. The fraction of sp³-hybridized carbons (Fsp3) is 0.760. The minimum absolute atomic E-state index is 0.0157. The van der Waals surface area contributed by atoms with Crippen LogP contribution in [0.2, 0.25) is 0 Å². The molecule has 0 spiro atoms. The van der Waals surface area contributed by atoms with E-state index in [1.54, 1.807) is 6.92 Å². The maximum atomic E-state index is 13.9. The first-order chi connectivity index (χ1) is 27.5. The van der Waals surface area contributed by atoms with Crippen molar-refractivity contribution in [3.8, 4) is 0 Å². The fourth-order valence-electron chi connectivity index (χ4n) is 10.7. The average Bonchev–Trinajstić information content (AvgIpc) is 3.49. The van der Waals surface area contributed by atoms with Gasteiger partial charge in [0.05, 0.1) is 5.60 Å². The standard InChI is InChI=1S/C50H78O7/c1-7-9-11-13-15-17-19-20-21-23-25-27-29-31-44(51)54-37-41-34-42-46-48(38(3)4)35-40(6)50(42,43-33-39(5)45(52)47(43,53)36-41)57-49(55-46,56-48)32-30-28-26-24-22-18-16-14-12-10-8-2/h26,28,30,32-34,40,42-43,46,53H,3,7-25,27,29,31,35-37H2,1-2,4-6H3/b28-26+,32-30+/t40-,42+,43-,46-,47-,48-,49-,50-/m1/s1. The molecular weight excluding hydrogens is 713 g/mol. The van der Waals surface area contributed by atoms with Crippen molar-refractivity contribution in [1.82, 2.24) is 0 Å². The molecule has 2 heterocycles. The third kappa shape index (κ3) is 10.5. The van der Waals surface area contributed by atoms with Crippen LogP contribution in [0, 0.1) is 17.8 Å². The summed E-state index contributed by atoms with van der Waals surface area (Å²) in [6.07, 6.45) is 38.7. The summed E-state index contributed by atoms with van der Waals surface area (Å²) in [4.78, 5) is 26.9. The van der Waals surface area contributed by atoms with E-state index in [2.05, 4.69) is 39.5 Å². The number of aliphatic hydroxyl groups is 1. The van der Waals surface area contributed by atoms with Crippen LogP contribution in [0.4, 0.5) is 0 Å². The van der Waals surface area contributed by atoms with Crippen molar-refractivity contribution in [1.29, 1.82) is 0 Å². The molecule has 0 aromatic heterocycles. The maximum absolute atomic E-state index is 13.9. The fourth-order valence-corrected chi connectivity index (χ4v) is 10.7. The predicted octanol–water partition coefficient (Wildman–Crippen LogP) is 12.3. The zero-order valence-electron chi connectivity index (χ0n) is 36.6. The number of ketones is 1.